The predicted molar refractivity (Wildman–Crippen MR) is 72.7 cm³/mol. The fourth-order valence-corrected chi connectivity index (χ4v) is 3.15. The second kappa shape index (κ2) is 4.62. The van der Waals surface area contributed by atoms with Gasteiger partial charge in [0.05, 0.1) is 17.6 Å². The minimum Gasteiger partial charge on any atom is -0.397 e. The van der Waals surface area contributed by atoms with Crippen molar-refractivity contribution in [1.29, 1.82) is 0 Å². The highest BCUT2D eigenvalue weighted by Gasteiger charge is 2.18. The molecule has 0 saturated heterocycles. The van der Waals surface area contributed by atoms with E-state index in [1.807, 2.05) is 0 Å². The van der Waals surface area contributed by atoms with Crippen LogP contribution in [-0.4, -0.2) is 18.6 Å². The van der Waals surface area contributed by atoms with E-state index in [0.717, 1.165) is 10.0 Å². The van der Waals surface area contributed by atoms with Gasteiger partial charge in [0.25, 0.3) is 10.0 Å². The fourth-order valence-electron chi connectivity index (χ4n) is 1.49. The Balaban J connectivity index is 2.42. The van der Waals surface area contributed by atoms with Gasteiger partial charge in [0.1, 0.15) is 0 Å². The molecule has 1 aromatic carbocycles. The number of halogens is 1. The first kappa shape index (κ1) is 12.9. The number of aromatic amines is 1. The van der Waals surface area contributed by atoms with E-state index in [4.69, 9.17) is 5.73 Å². The van der Waals surface area contributed by atoms with Gasteiger partial charge in [0, 0.05) is 4.47 Å². The summed E-state index contributed by atoms with van der Waals surface area (Å²) >= 11 is 3.29. The number of benzene rings is 1. The number of H-pyrrole nitrogens is 1. The molecular formula is C10H11BrN4O2S. The molecule has 96 valence electrons. The van der Waals surface area contributed by atoms with Crippen molar-refractivity contribution in [1.82, 2.24) is 10.2 Å². The third kappa shape index (κ3) is 2.49. The average Bonchev–Trinajstić information content (AvgIpc) is 2.77. The first-order valence-electron chi connectivity index (χ1n) is 4.98. The zero-order valence-corrected chi connectivity index (χ0v) is 11.8. The van der Waals surface area contributed by atoms with Crippen LogP contribution in [0.3, 0.4) is 0 Å². The van der Waals surface area contributed by atoms with Gasteiger partial charge in [0.2, 0.25) is 0 Å². The lowest BCUT2D eigenvalue weighted by molar-refractivity contribution is 0.597. The number of nitrogens with one attached hydrogen (secondary N) is 2. The SMILES string of the molecule is Cc1cc(Br)cc(N)c1NS(=O)(=O)c1ccn[nH]1. The highest BCUT2D eigenvalue weighted by molar-refractivity contribution is 9.10. The van der Waals surface area contributed by atoms with Gasteiger partial charge >= 0.3 is 0 Å². The maximum absolute atomic E-state index is 12.0. The van der Waals surface area contributed by atoms with E-state index in [0.29, 0.717) is 11.4 Å². The van der Waals surface area contributed by atoms with Crippen LogP contribution in [0, 0.1) is 6.92 Å². The van der Waals surface area contributed by atoms with E-state index in [2.05, 4.69) is 30.8 Å². The van der Waals surface area contributed by atoms with E-state index in [1.54, 1.807) is 19.1 Å². The highest BCUT2D eigenvalue weighted by Crippen LogP contribution is 2.29. The third-order valence-electron chi connectivity index (χ3n) is 2.33. The summed E-state index contributed by atoms with van der Waals surface area (Å²) < 4.78 is 27.2. The molecular weight excluding hydrogens is 320 g/mol. The zero-order valence-electron chi connectivity index (χ0n) is 9.44. The molecule has 0 radical (unpaired) electrons. The van der Waals surface area contributed by atoms with Crippen molar-refractivity contribution >= 4 is 37.3 Å². The number of hydrogen-bond donors (Lipinski definition) is 3. The van der Waals surface area contributed by atoms with Gasteiger partial charge in [-0.15, -0.1) is 0 Å². The van der Waals surface area contributed by atoms with Crippen LogP contribution in [-0.2, 0) is 10.0 Å². The smallest absolute Gasteiger partial charge is 0.278 e. The van der Waals surface area contributed by atoms with Gasteiger partial charge in [-0.05, 0) is 30.7 Å². The minimum absolute atomic E-state index is 0.00998. The quantitative estimate of drug-likeness (QED) is 0.747. The molecule has 2 rings (SSSR count). The molecule has 0 unspecified atom stereocenters. The summed E-state index contributed by atoms with van der Waals surface area (Å²) in [6.45, 7) is 1.77. The number of sulfonamides is 1. The molecule has 0 saturated carbocycles. The van der Waals surface area contributed by atoms with Gasteiger partial charge in [-0.25, -0.2) is 0 Å². The van der Waals surface area contributed by atoms with E-state index in [9.17, 15) is 8.42 Å². The second-order valence-corrected chi connectivity index (χ2v) is 6.28. The van der Waals surface area contributed by atoms with Gasteiger partial charge in [0.15, 0.2) is 5.03 Å². The Hall–Kier alpha value is -1.54. The Morgan fingerprint density at radius 2 is 2.17 bits per heavy atom. The lowest BCUT2D eigenvalue weighted by Gasteiger charge is -2.12. The number of aryl methyl sites for hydroxylation is 1. The molecule has 0 aliphatic heterocycles. The van der Waals surface area contributed by atoms with Crippen LogP contribution in [0.1, 0.15) is 5.56 Å². The Labute approximate surface area is 113 Å². The largest absolute Gasteiger partial charge is 0.397 e. The normalized spacial score (nSPS) is 11.4. The summed E-state index contributed by atoms with van der Waals surface area (Å²) in [7, 11) is -3.69. The molecule has 0 fully saturated rings. The predicted octanol–water partition coefficient (Wildman–Crippen LogP) is 1.86. The van der Waals surface area contributed by atoms with Crippen LogP contribution in [0.25, 0.3) is 0 Å². The second-order valence-electron chi connectivity index (χ2n) is 3.71. The van der Waals surface area contributed by atoms with E-state index in [1.165, 1.54) is 12.3 Å². The number of hydrogen-bond acceptors (Lipinski definition) is 4. The number of nitrogens with two attached hydrogens (primary N) is 1. The summed E-state index contributed by atoms with van der Waals surface area (Å²) in [6.07, 6.45) is 1.37. The zero-order chi connectivity index (χ0) is 13.3. The fraction of sp³-hybridized carbons (Fsp3) is 0.100. The minimum atomic E-state index is -3.69. The molecule has 0 spiro atoms. The van der Waals surface area contributed by atoms with Crippen molar-refractivity contribution in [3.8, 4) is 0 Å². The lowest BCUT2D eigenvalue weighted by Crippen LogP contribution is -2.15. The Kier molecular flexibility index (Phi) is 3.31. The Morgan fingerprint density at radius 3 is 2.72 bits per heavy atom. The molecule has 1 heterocycles. The highest BCUT2D eigenvalue weighted by atomic mass is 79.9. The van der Waals surface area contributed by atoms with Crippen LogP contribution >= 0.6 is 15.9 Å². The van der Waals surface area contributed by atoms with Crippen LogP contribution in [0.5, 0.6) is 0 Å². The van der Waals surface area contributed by atoms with E-state index in [-0.39, 0.29) is 5.03 Å². The van der Waals surface area contributed by atoms with Crippen LogP contribution in [0.15, 0.2) is 33.9 Å². The average molecular weight is 331 g/mol. The van der Waals surface area contributed by atoms with Crippen molar-refractivity contribution < 1.29 is 8.42 Å². The molecule has 6 nitrogen and oxygen atoms in total. The van der Waals surface area contributed by atoms with Gasteiger partial charge in [-0.2, -0.15) is 13.5 Å². The molecule has 2 aromatic rings. The van der Waals surface area contributed by atoms with Crippen molar-refractivity contribution in [3.63, 3.8) is 0 Å². The number of rotatable bonds is 3. The number of anilines is 2. The maximum atomic E-state index is 12.0. The van der Waals surface area contributed by atoms with E-state index >= 15 is 0 Å². The molecule has 4 N–H and O–H groups in total. The molecule has 0 aliphatic carbocycles. The molecule has 18 heavy (non-hydrogen) atoms. The van der Waals surface area contributed by atoms with Gasteiger partial charge in [-0.3, -0.25) is 9.82 Å². The number of nitrogen functional groups attached to an aromatic ring is 1. The first-order chi connectivity index (χ1) is 8.40. The third-order valence-corrected chi connectivity index (χ3v) is 4.07. The van der Waals surface area contributed by atoms with Gasteiger partial charge in [-0.1, -0.05) is 15.9 Å². The summed E-state index contributed by atoms with van der Waals surface area (Å²) in [5.74, 6) is 0. The molecule has 0 atom stereocenters. The molecule has 0 bridgehead atoms. The number of aromatic nitrogens is 2. The Morgan fingerprint density at radius 1 is 1.44 bits per heavy atom. The van der Waals surface area contributed by atoms with Crippen molar-refractivity contribution in [2.45, 2.75) is 11.9 Å². The van der Waals surface area contributed by atoms with Crippen molar-refractivity contribution in [3.05, 3.63) is 34.4 Å². The van der Waals surface area contributed by atoms with Crippen molar-refractivity contribution in [2.75, 3.05) is 10.5 Å². The van der Waals surface area contributed by atoms with Crippen LogP contribution < -0.4 is 10.5 Å². The lowest BCUT2D eigenvalue weighted by atomic mass is 10.2. The standard InChI is InChI=1S/C10H11BrN4O2S/c1-6-4-7(11)5-8(12)10(6)15-18(16,17)9-2-3-13-14-9/h2-5,15H,12H2,1H3,(H,13,14). The topological polar surface area (TPSA) is 101 Å². The summed E-state index contributed by atoms with van der Waals surface area (Å²) in [6, 6.07) is 4.78. The number of nitrogens with zero attached hydrogens (tertiary/aromatic N) is 1. The molecule has 1 aromatic heterocycles. The molecule has 8 heteroatoms. The summed E-state index contributed by atoms with van der Waals surface area (Å²) in [5.41, 5.74) is 7.25. The van der Waals surface area contributed by atoms with Gasteiger partial charge < -0.3 is 5.73 Å². The van der Waals surface area contributed by atoms with Crippen molar-refractivity contribution in [2.24, 2.45) is 0 Å². The Bertz CT molecular complexity index is 644. The molecule has 0 aliphatic rings. The molecule has 0 amide bonds. The van der Waals surface area contributed by atoms with Crippen LogP contribution in [0.2, 0.25) is 0 Å². The maximum Gasteiger partial charge on any atom is 0.278 e. The summed E-state index contributed by atoms with van der Waals surface area (Å²) in [5, 5.41) is 5.99. The summed E-state index contributed by atoms with van der Waals surface area (Å²) in [4.78, 5) is 0. The first-order valence-corrected chi connectivity index (χ1v) is 7.25. The van der Waals surface area contributed by atoms with Crippen LogP contribution in [0.4, 0.5) is 11.4 Å². The van der Waals surface area contributed by atoms with E-state index < -0.39 is 10.0 Å². The monoisotopic (exact) mass is 330 g/mol.